The van der Waals surface area contributed by atoms with E-state index in [2.05, 4.69) is 10.6 Å². The van der Waals surface area contributed by atoms with Crippen LogP contribution in [-0.2, 0) is 9.53 Å². The van der Waals surface area contributed by atoms with Gasteiger partial charge in [0, 0.05) is 5.69 Å². The van der Waals surface area contributed by atoms with Crippen LogP contribution >= 0.6 is 0 Å². The molecule has 3 aromatic carbocycles. The second-order valence-electron chi connectivity index (χ2n) is 6.75. The molecule has 3 aromatic rings. The van der Waals surface area contributed by atoms with Gasteiger partial charge in [-0.05, 0) is 30.3 Å². The Morgan fingerprint density at radius 2 is 1.59 bits per heavy atom. The molecule has 0 aromatic heterocycles. The van der Waals surface area contributed by atoms with Gasteiger partial charge in [0.05, 0.1) is 35.2 Å². The number of esters is 1. The number of amides is 3. The zero-order chi connectivity index (χ0) is 22.8. The molecule has 0 fully saturated rings. The van der Waals surface area contributed by atoms with Gasteiger partial charge in [-0.25, -0.2) is 14.1 Å². The summed E-state index contributed by atoms with van der Waals surface area (Å²) in [6.45, 7) is 0. The lowest BCUT2D eigenvalue weighted by molar-refractivity contribution is -0.105. The highest BCUT2D eigenvalue weighted by molar-refractivity contribution is 6.35. The van der Waals surface area contributed by atoms with E-state index < -0.39 is 29.3 Å². The van der Waals surface area contributed by atoms with E-state index in [1.54, 1.807) is 42.5 Å². The van der Waals surface area contributed by atoms with Gasteiger partial charge in [0.25, 0.3) is 11.8 Å². The first-order chi connectivity index (χ1) is 15.5. The summed E-state index contributed by atoms with van der Waals surface area (Å²) in [6.07, 6.45) is 0.252. The smallest absolute Gasteiger partial charge is 0.340 e. The molecular formula is C23H16FN3O5. The minimum atomic E-state index is -1.09. The molecule has 1 aliphatic rings. The predicted octanol–water partition coefficient (Wildman–Crippen LogP) is 3.72. The van der Waals surface area contributed by atoms with Gasteiger partial charge >= 0.3 is 5.97 Å². The molecule has 3 amide bonds. The molecule has 8 nitrogen and oxygen atoms in total. The van der Waals surface area contributed by atoms with Crippen LogP contribution in [0.15, 0.2) is 60.7 Å². The van der Waals surface area contributed by atoms with Gasteiger partial charge < -0.3 is 15.4 Å². The molecule has 0 radical (unpaired) electrons. The molecule has 0 saturated heterocycles. The number of halogens is 1. The van der Waals surface area contributed by atoms with Gasteiger partial charge in [-0.1, -0.05) is 30.3 Å². The van der Waals surface area contributed by atoms with Gasteiger partial charge in [-0.3, -0.25) is 14.4 Å². The fourth-order valence-electron chi connectivity index (χ4n) is 3.48. The SMILES string of the molecule is COC(=O)c1cc(NC=O)c(N2C(=O)c3ccccc3C2=O)c(F)c1Nc1ccccc1. The van der Waals surface area contributed by atoms with Crippen molar-refractivity contribution in [1.29, 1.82) is 0 Å². The standard InChI is InChI=1S/C23H16FN3O5/c1-32-23(31)16-11-17(25-12-28)20(18(24)19(16)26-13-7-3-2-4-8-13)27-21(29)14-9-5-6-10-15(14)22(27)30/h2-12,26H,1H3,(H,25,28). The van der Waals surface area contributed by atoms with E-state index in [1.165, 1.54) is 12.1 Å². The Bertz CT molecular complexity index is 1220. The maximum Gasteiger partial charge on any atom is 0.340 e. The molecule has 32 heavy (non-hydrogen) atoms. The average molecular weight is 433 g/mol. The average Bonchev–Trinajstić information content (AvgIpc) is 3.06. The van der Waals surface area contributed by atoms with Crippen LogP contribution in [0.5, 0.6) is 0 Å². The highest BCUT2D eigenvalue weighted by Crippen LogP contribution is 2.41. The molecule has 0 saturated carbocycles. The third kappa shape index (κ3) is 3.35. The van der Waals surface area contributed by atoms with E-state index in [1.807, 2.05) is 0 Å². The summed E-state index contributed by atoms with van der Waals surface area (Å²) in [5, 5.41) is 5.07. The number of fused-ring (bicyclic) bond motifs is 1. The van der Waals surface area contributed by atoms with Crippen molar-refractivity contribution in [1.82, 2.24) is 0 Å². The van der Waals surface area contributed by atoms with Crippen molar-refractivity contribution in [2.24, 2.45) is 0 Å². The lowest BCUT2D eigenvalue weighted by Crippen LogP contribution is -2.31. The number of nitrogens with zero attached hydrogens (tertiary/aromatic N) is 1. The summed E-state index contributed by atoms with van der Waals surface area (Å²) >= 11 is 0. The van der Waals surface area contributed by atoms with Crippen LogP contribution in [0.1, 0.15) is 31.1 Å². The van der Waals surface area contributed by atoms with E-state index in [0.717, 1.165) is 13.2 Å². The van der Waals surface area contributed by atoms with E-state index >= 15 is 4.39 Å². The molecule has 160 valence electrons. The molecule has 2 N–H and O–H groups in total. The van der Waals surface area contributed by atoms with Gasteiger partial charge in [0.15, 0.2) is 5.82 Å². The first-order valence-corrected chi connectivity index (χ1v) is 9.42. The third-order valence-electron chi connectivity index (χ3n) is 4.92. The summed E-state index contributed by atoms with van der Waals surface area (Å²) < 4.78 is 20.7. The lowest BCUT2D eigenvalue weighted by atomic mass is 10.1. The molecular weight excluding hydrogens is 417 g/mol. The number of para-hydroxylation sites is 1. The van der Waals surface area contributed by atoms with Crippen LogP contribution in [0.4, 0.5) is 27.1 Å². The van der Waals surface area contributed by atoms with E-state index in [0.29, 0.717) is 10.6 Å². The van der Waals surface area contributed by atoms with Crippen LogP contribution in [0, 0.1) is 5.82 Å². The maximum absolute atomic E-state index is 15.9. The van der Waals surface area contributed by atoms with Crippen molar-refractivity contribution in [3.63, 3.8) is 0 Å². The number of anilines is 4. The quantitative estimate of drug-likeness (QED) is 0.349. The van der Waals surface area contributed by atoms with Crippen LogP contribution in [-0.4, -0.2) is 31.3 Å². The minimum absolute atomic E-state index is 0.101. The number of ether oxygens (including phenoxy) is 1. The Balaban J connectivity index is 1.95. The molecule has 1 aliphatic heterocycles. The zero-order valence-electron chi connectivity index (χ0n) is 16.7. The zero-order valence-corrected chi connectivity index (χ0v) is 16.7. The maximum atomic E-state index is 15.9. The summed E-state index contributed by atoms with van der Waals surface area (Å²) in [5.74, 6) is -3.48. The number of methoxy groups -OCH3 is 1. The van der Waals surface area contributed by atoms with Gasteiger partial charge in [-0.2, -0.15) is 0 Å². The normalized spacial score (nSPS) is 12.4. The Morgan fingerprint density at radius 3 is 2.16 bits per heavy atom. The number of imide groups is 1. The summed E-state index contributed by atoms with van der Waals surface area (Å²) in [7, 11) is 1.12. The number of hydrogen-bond donors (Lipinski definition) is 2. The molecule has 9 heteroatoms. The molecule has 0 atom stereocenters. The van der Waals surface area contributed by atoms with Crippen LogP contribution in [0.3, 0.4) is 0 Å². The van der Waals surface area contributed by atoms with Crippen molar-refractivity contribution in [2.75, 3.05) is 22.6 Å². The summed E-state index contributed by atoms with van der Waals surface area (Å²) in [4.78, 5) is 50.2. The number of nitrogens with one attached hydrogen (secondary N) is 2. The minimum Gasteiger partial charge on any atom is -0.465 e. The Kier molecular flexibility index (Phi) is 5.38. The highest BCUT2D eigenvalue weighted by atomic mass is 19.1. The topological polar surface area (TPSA) is 105 Å². The summed E-state index contributed by atoms with van der Waals surface area (Å²) in [5.41, 5.74) is -0.641. The Morgan fingerprint density at radius 1 is 1.00 bits per heavy atom. The highest BCUT2D eigenvalue weighted by Gasteiger charge is 2.40. The van der Waals surface area contributed by atoms with Crippen molar-refractivity contribution >= 4 is 46.9 Å². The Labute approximate surface area is 181 Å². The van der Waals surface area contributed by atoms with Crippen molar-refractivity contribution in [3.8, 4) is 0 Å². The van der Waals surface area contributed by atoms with Gasteiger partial charge in [0.2, 0.25) is 6.41 Å². The lowest BCUT2D eigenvalue weighted by Gasteiger charge is -2.22. The first kappa shape index (κ1) is 20.7. The molecule has 0 bridgehead atoms. The van der Waals surface area contributed by atoms with Crippen molar-refractivity contribution in [2.45, 2.75) is 0 Å². The molecule has 0 spiro atoms. The number of hydrogen-bond acceptors (Lipinski definition) is 6. The molecule has 4 rings (SSSR count). The van der Waals surface area contributed by atoms with E-state index in [-0.39, 0.29) is 34.5 Å². The molecule has 0 unspecified atom stereocenters. The van der Waals surface area contributed by atoms with Crippen molar-refractivity contribution < 1.29 is 28.3 Å². The van der Waals surface area contributed by atoms with Crippen LogP contribution in [0.2, 0.25) is 0 Å². The largest absolute Gasteiger partial charge is 0.465 e. The second-order valence-corrected chi connectivity index (χ2v) is 6.75. The monoisotopic (exact) mass is 433 g/mol. The number of rotatable bonds is 6. The molecule has 1 heterocycles. The van der Waals surface area contributed by atoms with Gasteiger partial charge in [0.1, 0.15) is 5.69 Å². The fourth-order valence-corrected chi connectivity index (χ4v) is 3.48. The third-order valence-corrected chi connectivity index (χ3v) is 4.92. The van der Waals surface area contributed by atoms with E-state index in [4.69, 9.17) is 4.74 Å². The number of benzene rings is 3. The van der Waals surface area contributed by atoms with E-state index in [9.17, 15) is 19.2 Å². The Hall–Kier alpha value is -4.53. The number of carbonyl (C=O) groups is 4. The fraction of sp³-hybridized carbons (Fsp3) is 0.0435. The van der Waals surface area contributed by atoms with Gasteiger partial charge in [-0.15, -0.1) is 0 Å². The van der Waals surface area contributed by atoms with Crippen LogP contribution < -0.4 is 15.5 Å². The van der Waals surface area contributed by atoms with Crippen molar-refractivity contribution in [3.05, 3.63) is 83.2 Å². The predicted molar refractivity (Wildman–Crippen MR) is 115 cm³/mol. The number of carbonyl (C=O) groups excluding carboxylic acids is 4. The second kappa shape index (κ2) is 8.31. The summed E-state index contributed by atoms with van der Waals surface area (Å²) in [6, 6.07) is 15.6. The van der Waals surface area contributed by atoms with Crippen LogP contribution in [0.25, 0.3) is 0 Å². The first-order valence-electron chi connectivity index (χ1n) is 9.42. The molecule has 0 aliphatic carbocycles.